The van der Waals surface area contributed by atoms with Gasteiger partial charge in [0.05, 0.1) is 12.2 Å². The molecule has 4 N–H and O–H groups in total. The van der Waals surface area contributed by atoms with Crippen molar-refractivity contribution in [2.75, 3.05) is 18.9 Å². The molecule has 0 aliphatic heterocycles. The monoisotopic (exact) mass is 280 g/mol. The molecule has 1 aliphatic rings. The summed E-state index contributed by atoms with van der Waals surface area (Å²) in [4.78, 5) is 12.1. The molecule has 1 aliphatic carbocycles. The van der Waals surface area contributed by atoms with Crippen LogP contribution in [0.15, 0.2) is 18.2 Å². The molecule has 1 aromatic carbocycles. The van der Waals surface area contributed by atoms with Crippen molar-refractivity contribution in [3.05, 3.63) is 29.6 Å². The fraction of sp³-hybridized carbons (Fsp3) is 0.533. The van der Waals surface area contributed by atoms with E-state index in [1.807, 2.05) is 0 Å². The number of nitrogen functional groups attached to an aromatic ring is 1. The molecule has 0 spiro atoms. The number of benzene rings is 1. The van der Waals surface area contributed by atoms with Gasteiger partial charge in [-0.3, -0.25) is 4.79 Å². The van der Waals surface area contributed by atoms with Crippen molar-refractivity contribution in [1.29, 1.82) is 0 Å². The summed E-state index contributed by atoms with van der Waals surface area (Å²) in [5, 5.41) is 12.4. The zero-order valence-electron chi connectivity index (χ0n) is 11.5. The number of rotatable bonds is 4. The molecule has 1 aromatic rings. The van der Waals surface area contributed by atoms with Crippen molar-refractivity contribution in [2.24, 2.45) is 5.41 Å². The minimum atomic E-state index is -0.460. The highest BCUT2D eigenvalue weighted by atomic mass is 19.1. The zero-order chi connectivity index (χ0) is 14.6. The lowest BCUT2D eigenvalue weighted by atomic mass is 9.74. The topological polar surface area (TPSA) is 75.4 Å². The molecule has 0 unspecified atom stereocenters. The summed E-state index contributed by atoms with van der Waals surface area (Å²) in [7, 11) is 0. The van der Waals surface area contributed by atoms with E-state index in [-0.39, 0.29) is 29.2 Å². The van der Waals surface area contributed by atoms with Gasteiger partial charge in [-0.1, -0.05) is 19.3 Å². The Bertz CT molecular complexity index is 485. The predicted octanol–water partition coefficient (Wildman–Crippen LogP) is 2.08. The molecular formula is C15H21FN2O2. The van der Waals surface area contributed by atoms with Gasteiger partial charge in [-0.25, -0.2) is 4.39 Å². The molecule has 1 fully saturated rings. The first-order valence-electron chi connectivity index (χ1n) is 7.00. The summed E-state index contributed by atoms with van der Waals surface area (Å²) in [6, 6.07) is 3.73. The highest BCUT2D eigenvalue weighted by molar-refractivity contribution is 5.99. The number of anilines is 1. The third kappa shape index (κ3) is 3.28. The molecule has 1 saturated carbocycles. The number of carbonyl (C=O) groups excluding carboxylic acids is 1. The number of amides is 1. The Balaban J connectivity index is 2.00. The van der Waals surface area contributed by atoms with Crippen LogP contribution in [-0.2, 0) is 0 Å². The number of carbonyl (C=O) groups is 1. The van der Waals surface area contributed by atoms with E-state index < -0.39 is 5.82 Å². The Morgan fingerprint density at radius 1 is 1.35 bits per heavy atom. The van der Waals surface area contributed by atoms with E-state index in [2.05, 4.69) is 5.32 Å². The number of hydrogen-bond acceptors (Lipinski definition) is 3. The van der Waals surface area contributed by atoms with E-state index in [4.69, 9.17) is 5.73 Å². The van der Waals surface area contributed by atoms with E-state index in [1.54, 1.807) is 0 Å². The Hall–Kier alpha value is -1.62. The average Bonchev–Trinajstić information content (AvgIpc) is 2.46. The third-order valence-electron chi connectivity index (χ3n) is 4.13. The summed E-state index contributed by atoms with van der Waals surface area (Å²) < 4.78 is 13.0. The summed E-state index contributed by atoms with van der Waals surface area (Å²) >= 11 is 0. The van der Waals surface area contributed by atoms with Gasteiger partial charge in [-0.15, -0.1) is 0 Å². The first kappa shape index (κ1) is 14.8. The fourth-order valence-electron chi connectivity index (χ4n) is 2.80. The molecule has 0 radical (unpaired) electrons. The lowest BCUT2D eigenvalue weighted by Crippen LogP contribution is -2.41. The summed E-state index contributed by atoms with van der Waals surface area (Å²) in [6.07, 6.45) is 5.18. The van der Waals surface area contributed by atoms with Crippen LogP contribution in [-0.4, -0.2) is 24.2 Å². The van der Waals surface area contributed by atoms with Gasteiger partial charge in [-0.05, 0) is 31.0 Å². The van der Waals surface area contributed by atoms with Gasteiger partial charge >= 0.3 is 0 Å². The van der Waals surface area contributed by atoms with Crippen molar-refractivity contribution in [2.45, 2.75) is 32.1 Å². The Kier molecular flexibility index (Phi) is 4.60. The molecule has 0 bridgehead atoms. The van der Waals surface area contributed by atoms with E-state index in [9.17, 15) is 14.3 Å². The van der Waals surface area contributed by atoms with Gasteiger partial charge in [0, 0.05) is 17.6 Å². The molecule has 110 valence electrons. The van der Waals surface area contributed by atoms with Crippen LogP contribution < -0.4 is 11.1 Å². The van der Waals surface area contributed by atoms with Crippen molar-refractivity contribution >= 4 is 11.6 Å². The number of nitrogens with two attached hydrogens (primary N) is 1. The molecule has 0 heterocycles. The third-order valence-corrected chi connectivity index (χ3v) is 4.13. The molecule has 4 nitrogen and oxygen atoms in total. The number of aliphatic hydroxyl groups excluding tert-OH is 1. The molecule has 0 saturated heterocycles. The van der Waals surface area contributed by atoms with Gasteiger partial charge in [0.2, 0.25) is 0 Å². The second kappa shape index (κ2) is 6.22. The second-order valence-corrected chi connectivity index (χ2v) is 5.63. The van der Waals surface area contributed by atoms with Crippen LogP contribution in [0.3, 0.4) is 0 Å². The van der Waals surface area contributed by atoms with Crippen LogP contribution in [0.5, 0.6) is 0 Å². The molecule has 1 amide bonds. The molecule has 0 atom stereocenters. The number of aliphatic hydroxyl groups is 1. The standard InChI is InChI=1S/C15H21FN2O2/c16-11-4-5-12(13(17)8-11)14(20)18-9-15(10-19)6-2-1-3-7-15/h4-5,8,19H,1-3,6-7,9-10,17H2,(H,18,20). The second-order valence-electron chi connectivity index (χ2n) is 5.63. The van der Waals surface area contributed by atoms with Crippen LogP contribution in [0.1, 0.15) is 42.5 Å². The normalized spacial score (nSPS) is 17.7. The van der Waals surface area contributed by atoms with E-state index in [0.29, 0.717) is 6.54 Å². The Morgan fingerprint density at radius 3 is 2.65 bits per heavy atom. The van der Waals surface area contributed by atoms with Gasteiger partial charge in [0.15, 0.2) is 0 Å². The molecule has 0 aromatic heterocycles. The minimum absolute atomic E-state index is 0.0756. The summed E-state index contributed by atoms with van der Waals surface area (Å²) in [5.41, 5.74) is 5.83. The number of halogens is 1. The van der Waals surface area contributed by atoms with Gasteiger partial charge in [0.25, 0.3) is 5.91 Å². The predicted molar refractivity (Wildman–Crippen MR) is 75.7 cm³/mol. The van der Waals surface area contributed by atoms with Gasteiger partial charge in [0.1, 0.15) is 5.82 Å². The maximum atomic E-state index is 13.0. The number of hydrogen-bond donors (Lipinski definition) is 3. The molecule has 2 rings (SSSR count). The Labute approximate surface area is 118 Å². The van der Waals surface area contributed by atoms with Crippen molar-refractivity contribution in [3.8, 4) is 0 Å². The van der Waals surface area contributed by atoms with Crippen LogP contribution in [0.4, 0.5) is 10.1 Å². The summed E-state index contributed by atoms with van der Waals surface area (Å²) in [5.74, 6) is -0.779. The van der Waals surface area contributed by atoms with Crippen LogP contribution >= 0.6 is 0 Å². The van der Waals surface area contributed by atoms with Crippen LogP contribution in [0, 0.1) is 11.2 Å². The quantitative estimate of drug-likeness (QED) is 0.739. The highest BCUT2D eigenvalue weighted by Crippen LogP contribution is 2.35. The van der Waals surface area contributed by atoms with Gasteiger partial charge < -0.3 is 16.2 Å². The first-order valence-corrected chi connectivity index (χ1v) is 7.00. The number of nitrogens with one attached hydrogen (secondary N) is 1. The van der Waals surface area contributed by atoms with Crippen LogP contribution in [0.2, 0.25) is 0 Å². The van der Waals surface area contributed by atoms with E-state index >= 15 is 0 Å². The average molecular weight is 280 g/mol. The highest BCUT2D eigenvalue weighted by Gasteiger charge is 2.31. The molecule has 5 heteroatoms. The minimum Gasteiger partial charge on any atom is -0.398 e. The SMILES string of the molecule is Nc1cc(F)ccc1C(=O)NCC1(CO)CCCCC1. The van der Waals surface area contributed by atoms with Crippen molar-refractivity contribution < 1.29 is 14.3 Å². The maximum absolute atomic E-state index is 13.0. The smallest absolute Gasteiger partial charge is 0.253 e. The molecular weight excluding hydrogens is 259 g/mol. The Morgan fingerprint density at radius 2 is 2.05 bits per heavy atom. The largest absolute Gasteiger partial charge is 0.398 e. The van der Waals surface area contributed by atoms with Gasteiger partial charge in [-0.2, -0.15) is 0 Å². The van der Waals surface area contributed by atoms with E-state index in [1.165, 1.54) is 18.6 Å². The fourth-order valence-corrected chi connectivity index (χ4v) is 2.80. The summed E-state index contributed by atoms with van der Waals surface area (Å²) in [6.45, 7) is 0.505. The maximum Gasteiger partial charge on any atom is 0.253 e. The van der Waals surface area contributed by atoms with Crippen molar-refractivity contribution in [3.63, 3.8) is 0 Å². The van der Waals surface area contributed by atoms with Crippen molar-refractivity contribution in [1.82, 2.24) is 5.32 Å². The first-order chi connectivity index (χ1) is 9.56. The van der Waals surface area contributed by atoms with E-state index in [0.717, 1.165) is 31.7 Å². The lowest BCUT2D eigenvalue weighted by Gasteiger charge is -2.35. The van der Waals surface area contributed by atoms with Crippen LogP contribution in [0.25, 0.3) is 0 Å². The lowest BCUT2D eigenvalue weighted by molar-refractivity contribution is 0.0718. The molecule has 20 heavy (non-hydrogen) atoms. The zero-order valence-corrected chi connectivity index (χ0v) is 11.5.